The van der Waals surface area contributed by atoms with Gasteiger partial charge in [0.25, 0.3) is 0 Å². The maximum Gasteiger partial charge on any atom is 0.231 e. The molecule has 1 amide bonds. The van der Waals surface area contributed by atoms with Crippen LogP contribution in [0.1, 0.15) is 36.8 Å². The molecular formula is C23H27ClN2O3. The van der Waals surface area contributed by atoms with Gasteiger partial charge in [0.1, 0.15) is 0 Å². The van der Waals surface area contributed by atoms with E-state index in [0.29, 0.717) is 30.7 Å². The Balaban J connectivity index is 1.23. The highest BCUT2D eigenvalue weighted by Gasteiger charge is 2.23. The van der Waals surface area contributed by atoms with E-state index in [4.69, 9.17) is 21.1 Å². The molecule has 2 aliphatic heterocycles. The first-order valence-electron chi connectivity index (χ1n) is 10.3. The van der Waals surface area contributed by atoms with E-state index in [1.807, 2.05) is 36.4 Å². The van der Waals surface area contributed by atoms with Gasteiger partial charge in [-0.05, 0) is 49.4 Å². The number of amides is 1. The molecule has 1 saturated heterocycles. The van der Waals surface area contributed by atoms with Gasteiger partial charge in [-0.15, -0.1) is 0 Å². The normalized spacial score (nSPS) is 18.6. The Kier molecular flexibility index (Phi) is 6.57. The first-order chi connectivity index (χ1) is 14.2. The molecule has 1 fully saturated rings. The molecule has 0 aromatic heterocycles. The second kappa shape index (κ2) is 9.51. The minimum absolute atomic E-state index is 0.0912. The summed E-state index contributed by atoms with van der Waals surface area (Å²) in [5.74, 6) is 2.36. The molecule has 0 aliphatic carbocycles. The quantitative estimate of drug-likeness (QED) is 0.730. The SMILES string of the molecule is O=C(CCC1CCCN(Cc2cccc3c2OCO3)C1)NCc1ccccc1Cl. The van der Waals surface area contributed by atoms with Crippen LogP contribution in [-0.4, -0.2) is 30.7 Å². The van der Waals surface area contributed by atoms with Crippen LogP contribution < -0.4 is 14.8 Å². The molecule has 0 saturated carbocycles. The lowest BCUT2D eigenvalue weighted by Crippen LogP contribution is -2.35. The number of rotatable bonds is 7. The number of hydrogen-bond donors (Lipinski definition) is 1. The Bertz CT molecular complexity index is 858. The molecule has 29 heavy (non-hydrogen) atoms. The molecule has 2 heterocycles. The summed E-state index contributed by atoms with van der Waals surface area (Å²) in [7, 11) is 0. The molecule has 2 aromatic rings. The number of carbonyl (C=O) groups is 1. The van der Waals surface area contributed by atoms with Crippen molar-refractivity contribution in [3.05, 3.63) is 58.6 Å². The molecule has 0 radical (unpaired) electrons. The molecule has 154 valence electrons. The Morgan fingerprint density at radius 1 is 1.14 bits per heavy atom. The van der Waals surface area contributed by atoms with Crippen LogP contribution in [0.2, 0.25) is 5.02 Å². The lowest BCUT2D eigenvalue weighted by Gasteiger charge is -2.33. The van der Waals surface area contributed by atoms with Crippen molar-refractivity contribution in [1.82, 2.24) is 10.2 Å². The van der Waals surface area contributed by atoms with E-state index in [1.165, 1.54) is 12.0 Å². The number of ether oxygens (including phenoxy) is 2. The van der Waals surface area contributed by atoms with Crippen LogP contribution in [0.3, 0.4) is 0 Å². The van der Waals surface area contributed by atoms with E-state index >= 15 is 0 Å². The van der Waals surface area contributed by atoms with Gasteiger partial charge in [0.05, 0.1) is 0 Å². The van der Waals surface area contributed by atoms with Crippen molar-refractivity contribution < 1.29 is 14.3 Å². The summed E-state index contributed by atoms with van der Waals surface area (Å²) in [4.78, 5) is 14.7. The summed E-state index contributed by atoms with van der Waals surface area (Å²) in [5.41, 5.74) is 2.13. The fraction of sp³-hybridized carbons (Fsp3) is 0.435. The molecule has 6 heteroatoms. The van der Waals surface area contributed by atoms with E-state index in [2.05, 4.69) is 16.3 Å². The van der Waals surface area contributed by atoms with Gasteiger partial charge in [-0.25, -0.2) is 0 Å². The second-order valence-electron chi connectivity index (χ2n) is 7.80. The van der Waals surface area contributed by atoms with E-state index in [1.54, 1.807) is 0 Å². The summed E-state index contributed by atoms with van der Waals surface area (Å²) in [5, 5.41) is 3.68. The number of hydrogen-bond acceptors (Lipinski definition) is 4. The van der Waals surface area contributed by atoms with Crippen LogP contribution >= 0.6 is 11.6 Å². The van der Waals surface area contributed by atoms with Crippen LogP contribution in [-0.2, 0) is 17.9 Å². The molecule has 4 rings (SSSR count). The van der Waals surface area contributed by atoms with Gasteiger partial charge in [0, 0.05) is 36.6 Å². The maximum atomic E-state index is 12.3. The highest BCUT2D eigenvalue weighted by Crippen LogP contribution is 2.36. The Hall–Kier alpha value is -2.24. The van der Waals surface area contributed by atoms with Gasteiger partial charge in [-0.3, -0.25) is 9.69 Å². The summed E-state index contributed by atoms with van der Waals surface area (Å²) in [6.45, 7) is 3.75. The first-order valence-corrected chi connectivity index (χ1v) is 10.7. The van der Waals surface area contributed by atoms with E-state index < -0.39 is 0 Å². The Morgan fingerprint density at radius 2 is 2.00 bits per heavy atom. The number of piperidine rings is 1. The third-order valence-electron chi connectivity index (χ3n) is 5.69. The topological polar surface area (TPSA) is 50.8 Å². The van der Waals surface area contributed by atoms with Crippen molar-refractivity contribution in [3.63, 3.8) is 0 Å². The van der Waals surface area contributed by atoms with E-state index in [-0.39, 0.29) is 5.91 Å². The van der Waals surface area contributed by atoms with Gasteiger partial charge < -0.3 is 14.8 Å². The molecule has 1 N–H and O–H groups in total. The van der Waals surface area contributed by atoms with Crippen molar-refractivity contribution in [1.29, 1.82) is 0 Å². The predicted molar refractivity (Wildman–Crippen MR) is 113 cm³/mol. The van der Waals surface area contributed by atoms with Crippen molar-refractivity contribution in [2.75, 3.05) is 19.9 Å². The summed E-state index contributed by atoms with van der Waals surface area (Å²) < 4.78 is 11.1. The van der Waals surface area contributed by atoms with Crippen molar-refractivity contribution in [2.45, 2.75) is 38.8 Å². The predicted octanol–water partition coefficient (Wildman–Crippen LogP) is 4.38. The Labute approximate surface area is 176 Å². The number of benzene rings is 2. The monoisotopic (exact) mass is 414 g/mol. The first kappa shape index (κ1) is 20.0. The summed E-state index contributed by atoms with van der Waals surface area (Å²) >= 11 is 6.15. The number of nitrogens with zero attached hydrogens (tertiary/aromatic N) is 1. The number of fused-ring (bicyclic) bond motifs is 1. The van der Waals surface area contributed by atoms with Crippen molar-refractivity contribution in [3.8, 4) is 11.5 Å². The molecule has 0 spiro atoms. The number of carbonyl (C=O) groups excluding carboxylic acids is 1. The fourth-order valence-corrected chi connectivity index (χ4v) is 4.35. The van der Waals surface area contributed by atoms with Crippen LogP contribution in [0, 0.1) is 5.92 Å². The van der Waals surface area contributed by atoms with Crippen LogP contribution in [0.15, 0.2) is 42.5 Å². The van der Waals surface area contributed by atoms with Crippen molar-refractivity contribution in [2.24, 2.45) is 5.92 Å². The number of nitrogens with one attached hydrogen (secondary N) is 1. The zero-order valence-electron chi connectivity index (χ0n) is 16.5. The summed E-state index contributed by atoms with van der Waals surface area (Å²) in [6, 6.07) is 13.7. The van der Waals surface area contributed by atoms with E-state index in [9.17, 15) is 4.79 Å². The molecule has 5 nitrogen and oxygen atoms in total. The lowest BCUT2D eigenvalue weighted by molar-refractivity contribution is -0.121. The largest absolute Gasteiger partial charge is 0.454 e. The van der Waals surface area contributed by atoms with Crippen LogP contribution in [0.25, 0.3) is 0 Å². The molecule has 1 atom stereocenters. The molecule has 1 unspecified atom stereocenters. The minimum atomic E-state index is 0.0912. The maximum absolute atomic E-state index is 12.3. The molecule has 0 bridgehead atoms. The fourth-order valence-electron chi connectivity index (χ4n) is 4.15. The average molecular weight is 415 g/mol. The highest BCUT2D eigenvalue weighted by molar-refractivity contribution is 6.31. The zero-order valence-corrected chi connectivity index (χ0v) is 17.3. The highest BCUT2D eigenvalue weighted by atomic mass is 35.5. The van der Waals surface area contributed by atoms with Gasteiger partial charge in [-0.1, -0.05) is 41.9 Å². The standard InChI is InChI=1S/C23H27ClN2O3/c24-20-8-2-1-6-18(20)13-25-22(27)11-10-17-5-4-12-26(14-17)15-19-7-3-9-21-23(19)29-16-28-21/h1-3,6-9,17H,4-5,10-16H2,(H,25,27). The number of likely N-dealkylation sites (tertiary alicyclic amines) is 1. The third kappa shape index (κ3) is 5.22. The average Bonchev–Trinajstić information content (AvgIpc) is 3.22. The molecular weight excluding hydrogens is 388 g/mol. The van der Waals surface area contributed by atoms with Gasteiger partial charge >= 0.3 is 0 Å². The second-order valence-corrected chi connectivity index (χ2v) is 8.21. The minimum Gasteiger partial charge on any atom is -0.454 e. The van der Waals surface area contributed by atoms with Gasteiger partial charge in [-0.2, -0.15) is 0 Å². The molecule has 2 aliphatic rings. The van der Waals surface area contributed by atoms with Crippen molar-refractivity contribution >= 4 is 17.5 Å². The Morgan fingerprint density at radius 3 is 2.90 bits per heavy atom. The number of halogens is 1. The van der Waals surface area contributed by atoms with E-state index in [0.717, 1.165) is 49.5 Å². The van der Waals surface area contributed by atoms with Crippen LogP contribution in [0.5, 0.6) is 11.5 Å². The number of para-hydroxylation sites is 1. The smallest absolute Gasteiger partial charge is 0.231 e. The zero-order chi connectivity index (χ0) is 20.1. The summed E-state index contributed by atoms with van der Waals surface area (Å²) in [6.07, 6.45) is 3.82. The van der Waals surface area contributed by atoms with Crippen LogP contribution in [0.4, 0.5) is 0 Å². The van der Waals surface area contributed by atoms with Gasteiger partial charge in [0.15, 0.2) is 11.5 Å². The lowest BCUT2D eigenvalue weighted by atomic mass is 9.93. The van der Waals surface area contributed by atoms with Gasteiger partial charge in [0.2, 0.25) is 12.7 Å². The third-order valence-corrected chi connectivity index (χ3v) is 6.06. The molecule has 2 aromatic carbocycles.